The van der Waals surface area contributed by atoms with Crippen molar-refractivity contribution in [3.05, 3.63) is 136 Å². The number of hydrogen-bond donors (Lipinski definition) is 0. The summed E-state index contributed by atoms with van der Waals surface area (Å²) >= 11 is 0. The summed E-state index contributed by atoms with van der Waals surface area (Å²) in [4.78, 5) is 31.6. The number of hydrogen-bond acceptors (Lipinski definition) is 9. The molecule has 20 heteroatoms. The lowest BCUT2D eigenvalue weighted by atomic mass is 9.89. The summed E-state index contributed by atoms with van der Waals surface area (Å²) in [5, 5.41) is 13.0. The van der Waals surface area contributed by atoms with E-state index in [4.69, 9.17) is 9.47 Å². The van der Waals surface area contributed by atoms with Crippen molar-refractivity contribution in [2.45, 2.75) is 96.1 Å². The Kier molecular flexibility index (Phi) is 13.7. The van der Waals surface area contributed by atoms with E-state index in [1.54, 1.807) is 20.8 Å². The van der Waals surface area contributed by atoms with Gasteiger partial charge in [0.2, 0.25) is 0 Å². The molecule has 63 heavy (non-hydrogen) atoms. The minimum absolute atomic E-state index is 0.0420. The second-order valence-electron chi connectivity index (χ2n) is 15.3. The molecule has 1 aromatic heterocycles. The fourth-order valence-corrected chi connectivity index (χ4v) is 7.42. The average Bonchev–Trinajstić information content (AvgIpc) is 3.70. The molecule has 6 rings (SSSR count). The van der Waals surface area contributed by atoms with Crippen LogP contribution in [0.4, 0.5) is 55.9 Å². The van der Waals surface area contributed by atoms with Crippen LogP contribution >= 0.6 is 0 Å². The smallest absolute Gasteiger partial charge is 0.416 e. The van der Waals surface area contributed by atoms with E-state index in [2.05, 4.69) is 15.4 Å². The van der Waals surface area contributed by atoms with Crippen LogP contribution in [0.1, 0.15) is 84.8 Å². The third kappa shape index (κ3) is 11.3. The van der Waals surface area contributed by atoms with Crippen molar-refractivity contribution in [2.24, 2.45) is 0 Å². The van der Waals surface area contributed by atoms with Gasteiger partial charge in [-0.05, 0) is 91.1 Å². The van der Waals surface area contributed by atoms with Gasteiger partial charge < -0.3 is 14.4 Å². The molecule has 3 unspecified atom stereocenters. The third-order valence-electron chi connectivity index (χ3n) is 10.3. The maximum atomic E-state index is 14.4. The van der Waals surface area contributed by atoms with E-state index in [1.165, 1.54) is 7.11 Å². The van der Waals surface area contributed by atoms with Gasteiger partial charge in [-0.25, -0.2) is 4.79 Å². The number of benzene rings is 4. The van der Waals surface area contributed by atoms with Crippen molar-refractivity contribution in [1.82, 2.24) is 25.1 Å². The predicted molar refractivity (Wildman–Crippen MR) is 211 cm³/mol. The van der Waals surface area contributed by atoms with E-state index in [0.29, 0.717) is 12.1 Å². The van der Waals surface area contributed by atoms with E-state index in [1.807, 2.05) is 65.6 Å². The van der Waals surface area contributed by atoms with Gasteiger partial charge in [0.05, 0.1) is 48.1 Å². The number of ether oxygens (including phenoxy) is 2. The Morgan fingerprint density at radius 2 is 1.30 bits per heavy atom. The highest BCUT2D eigenvalue weighted by Gasteiger charge is 2.43. The maximum Gasteiger partial charge on any atom is 0.416 e. The van der Waals surface area contributed by atoms with Crippen LogP contribution in [-0.2, 0) is 52.4 Å². The monoisotopic (exact) mass is 891 g/mol. The van der Waals surface area contributed by atoms with Crippen molar-refractivity contribution < 1.29 is 58.6 Å². The van der Waals surface area contributed by atoms with Crippen molar-refractivity contribution in [3.63, 3.8) is 0 Å². The Balaban J connectivity index is 1.55. The molecule has 1 amide bonds. The average molecular weight is 892 g/mol. The molecule has 5 aromatic rings. The zero-order valence-electron chi connectivity index (χ0n) is 34.2. The molecule has 0 bridgehead atoms. The van der Waals surface area contributed by atoms with Gasteiger partial charge in [0, 0.05) is 25.7 Å². The molecule has 0 saturated carbocycles. The number of alkyl halides is 9. The van der Waals surface area contributed by atoms with Crippen LogP contribution in [0.5, 0.6) is 0 Å². The van der Waals surface area contributed by atoms with Gasteiger partial charge in [0.15, 0.2) is 0 Å². The van der Waals surface area contributed by atoms with Crippen molar-refractivity contribution in [3.8, 4) is 0 Å². The van der Waals surface area contributed by atoms with Crippen LogP contribution in [-0.4, -0.2) is 56.4 Å². The first-order valence-electron chi connectivity index (χ1n) is 19.6. The van der Waals surface area contributed by atoms with Crippen molar-refractivity contribution in [2.75, 3.05) is 16.9 Å². The Hall–Kier alpha value is -6.18. The topological polar surface area (TPSA) is 106 Å². The van der Waals surface area contributed by atoms with E-state index >= 15 is 0 Å². The lowest BCUT2D eigenvalue weighted by Gasteiger charge is -2.43. The summed E-state index contributed by atoms with van der Waals surface area (Å²) in [6, 6.07) is 19.6. The van der Waals surface area contributed by atoms with E-state index < -0.39 is 89.7 Å². The predicted octanol–water partition coefficient (Wildman–Crippen LogP) is 10.4. The molecule has 1 aliphatic rings. The number of fused-ring (bicyclic) bond motifs is 1. The second-order valence-corrected chi connectivity index (χ2v) is 15.3. The van der Waals surface area contributed by atoms with Crippen molar-refractivity contribution >= 4 is 23.7 Å². The van der Waals surface area contributed by atoms with E-state index in [-0.39, 0.29) is 43.2 Å². The number of tetrazole rings is 1. The highest BCUT2D eigenvalue weighted by Crippen LogP contribution is 2.46. The summed E-state index contributed by atoms with van der Waals surface area (Å²) in [7, 11) is 1.17. The lowest BCUT2D eigenvalue weighted by molar-refractivity contribution is -0.144. The van der Waals surface area contributed by atoms with Gasteiger partial charge in [-0.3, -0.25) is 14.6 Å². The molecule has 4 aromatic carbocycles. The molecule has 1 aliphatic heterocycles. The van der Waals surface area contributed by atoms with Gasteiger partial charge in [-0.2, -0.15) is 39.5 Å². The fraction of sp³-hybridized carbons (Fsp3) is 0.372. The number of methoxy groups -OCH3 is 1. The molecule has 0 fully saturated rings. The van der Waals surface area contributed by atoms with E-state index in [9.17, 15) is 49.1 Å². The first-order valence-corrected chi connectivity index (χ1v) is 19.6. The highest BCUT2D eigenvalue weighted by atomic mass is 19.4. The van der Waals surface area contributed by atoms with Crippen LogP contribution in [0.25, 0.3) is 0 Å². The number of carbonyl (C=O) groups is 2. The SMILES string of the molecule is COC(=O)CC(N(Cc1ccccc1)Cc1ccccc1)n1nnc(N(Cc2cc(C(F)(F)F)cc(C(F)(F)F)c2)C2CC(C)N(C(=O)OC(C)C)c3ccc(C(F)(F)F)cc32)n1. The van der Waals surface area contributed by atoms with Crippen LogP contribution in [0.2, 0.25) is 0 Å². The van der Waals surface area contributed by atoms with E-state index in [0.717, 1.165) is 43.9 Å². The Morgan fingerprint density at radius 1 is 0.746 bits per heavy atom. The minimum Gasteiger partial charge on any atom is -0.469 e. The fourth-order valence-electron chi connectivity index (χ4n) is 7.42. The van der Waals surface area contributed by atoms with Gasteiger partial charge in [0.1, 0.15) is 6.17 Å². The molecular weight excluding hydrogens is 849 g/mol. The first-order chi connectivity index (χ1) is 29.6. The van der Waals surface area contributed by atoms with Crippen LogP contribution in [0.3, 0.4) is 0 Å². The number of aromatic nitrogens is 4. The lowest BCUT2D eigenvalue weighted by Crippen LogP contribution is -2.47. The zero-order chi connectivity index (χ0) is 45.9. The Morgan fingerprint density at radius 3 is 1.81 bits per heavy atom. The number of nitrogens with zero attached hydrogens (tertiary/aromatic N) is 7. The zero-order valence-corrected chi connectivity index (χ0v) is 34.2. The molecular formula is C43H42F9N7O4. The number of esters is 1. The molecule has 336 valence electrons. The van der Waals surface area contributed by atoms with Crippen LogP contribution in [0, 0.1) is 0 Å². The number of amides is 1. The molecule has 3 atom stereocenters. The summed E-state index contributed by atoms with van der Waals surface area (Å²) in [5.41, 5.74) is -3.56. The standard InChI is InChI=1S/C43H42F9N7O4/c1-26(2)63-40(61)58-27(3)17-36(34-21-31(41(44,45)46)15-16-35(34)58)57(25-30-18-32(42(47,48)49)20-33(19-30)43(50,51)52)39-53-55-59(54-39)37(22-38(60)62-4)56(23-28-11-7-5-8-12-28)24-29-13-9-6-10-14-29/h5-16,18-21,26-27,36-37H,17,22-25H2,1-4H3. The quantitative estimate of drug-likeness (QED) is 0.0844. The Labute approximate surface area is 356 Å². The molecule has 0 radical (unpaired) electrons. The second kappa shape index (κ2) is 18.7. The molecule has 0 saturated heterocycles. The summed E-state index contributed by atoms with van der Waals surface area (Å²) in [6.07, 6.45) is -18.6. The summed E-state index contributed by atoms with van der Waals surface area (Å²) in [6.45, 7) is 4.29. The number of rotatable bonds is 13. The van der Waals surface area contributed by atoms with Gasteiger partial charge in [-0.1, -0.05) is 65.8 Å². The number of carbonyl (C=O) groups excluding carboxylic acids is 2. The van der Waals surface area contributed by atoms with Crippen LogP contribution in [0.15, 0.2) is 97.1 Å². The molecule has 11 nitrogen and oxygen atoms in total. The Bertz CT molecular complexity index is 2280. The summed E-state index contributed by atoms with van der Waals surface area (Å²) < 4.78 is 139. The largest absolute Gasteiger partial charge is 0.469 e. The summed E-state index contributed by atoms with van der Waals surface area (Å²) in [5.74, 6) is -1.12. The van der Waals surface area contributed by atoms with Crippen molar-refractivity contribution in [1.29, 1.82) is 0 Å². The number of anilines is 2. The maximum absolute atomic E-state index is 14.4. The minimum atomic E-state index is -5.23. The highest BCUT2D eigenvalue weighted by molar-refractivity contribution is 5.90. The molecule has 2 heterocycles. The third-order valence-corrected chi connectivity index (χ3v) is 10.3. The number of halogens is 9. The molecule has 0 N–H and O–H groups in total. The molecule has 0 spiro atoms. The van der Waals surface area contributed by atoms with Gasteiger partial charge >= 0.3 is 30.6 Å². The van der Waals surface area contributed by atoms with Crippen LogP contribution < -0.4 is 9.80 Å². The first kappa shape index (κ1) is 46.3. The van der Waals surface area contributed by atoms with Gasteiger partial charge in [-0.15, -0.1) is 9.90 Å². The molecule has 0 aliphatic carbocycles. The van der Waals surface area contributed by atoms with Gasteiger partial charge in [0.25, 0.3) is 5.95 Å². The normalized spacial score (nSPS) is 16.2.